The van der Waals surface area contributed by atoms with Gasteiger partial charge in [-0.25, -0.2) is 4.98 Å². The van der Waals surface area contributed by atoms with E-state index in [0.29, 0.717) is 29.5 Å². The molecule has 1 aliphatic heterocycles. The maximum absolute atomic E-state index is 13.2. The molecular formula is C23H26N4O2. The monoisotopic (exact) mass is 390 g/mol. The molecule has 3 heterocycles. The molecule has 0 bridgehead atoms. The highest BCUT2D eigenvalue weighted by Crippen LogP contribution is 2.21. The maximum Gasteiger partial charge on any atom is 0.290 e. The van der Waals surface area contributed by atoms with Crippen molar-refractivity contribution >= 4 is 17.3 Å². The van der Waals surface area contributed by atoms with Crippen LogP contribution in [0.3, 0.4) is 0 Å². The average molecular weight is 390 g/mol. The molecule has 1 saturated heterocycles. The van der Waals surface area contributed by atoms with Gasteiger partial charge in [0.2, 0.25) is 5.82 Å². The number of likely N-dealkylation sites (tertiary alicyclic amines) is 1. The van der Waals surface area contributed by atoms with Crippen LogP contribution in [0, 0.1) is 5.92 Å². The number of imidazole rings is 1. The Balaban J connectivity index is 1.65. The molecule has 1 unspecified atom stereocenters. The third kappa shape index (κ3) is 3.88. The molecule has 0 N–H and O–H groups in total. The van der Waals surface area contributed by atoms with E-state index in [1.165, 1.54) is 0 Å². The summed E-state index contributed by atoms with van der Waals surface area (Å²) in [6.45, 7) is 4.12. The van der Waals surface area contributed by atoms with Crippen molar-refractivity contribution in [3.05, 3.63) is 71.8 Å². The van der Waals surface area contributed by atoms with Crippen LogP contribution in [0.4, 0.5) is 0 Å². The highest BCUT2D eigenvalue weighted by Gasteiger charge is 2.28. The van der Waals surface area contributed by atoms with E-state index >= 15 is 0 Å². The van der Waals surface area contributed by atoms with Crippen LogP contribution in [0.15, 0.2) is 54.7 Å². The molecule has 0 spiro atoms. The number of fused-ring (bicyclic) bond motifs is 1. The van der Waals surface area contributed by atoms with Gasteiger partial charge in [-0.15, -0.1) is 0 Å². The third-order valence-electron chi connectivity index (χ3n) is 5.50. The zero-order valence-electron chi connectivity index (χ0n) is 16.9. The van der Waals surface area contributed by atoms with Gasteiger partial charge < -0.3 is 9.80 Å². The first-order valence-corrected chi connectivity index (χ1v) is 10.1. The highest BCUT2D eigenvalue weighted by atomic mass is 16.2. The topological polar surface area (TPSA) is 57.9 Å². The van der Waals surface area contributed by atoms with E-state index in [1.807, 2.05) is 53.4 Å². The predicted molar refractivity (Wildman–Crippen MR) is 112 cm³/mol. The molecule has 1 aromatic carbocycles. The first-order chi connectivity index (χ1) is 14.0. The van der Waals surface area contributed by atoms with Gasteiger partial charge in [-0.1, -0.05) is 43.3 Å². The number of pyridine rings is 1. The SMILES string of the molecule is CC1CCCN(C(=O)c2nc(C(=O)N(C)Cc3ccccc3)c3ccccn23)C1. The second-order valence-electron chi connectivity index (χ2n) is 7.89. The lowest BCUT2D eigenvalue weighted by atomic mass is 10.0. The van der Waals surface area contributed by atoms with E-state index in [-0.39, 0.29) is 11.8 Å². The zero-order chi connectivity index (χ0) is 20.4. The molecular weight excluding hydrogens is 364 g/mol. The van der Waals surface area contributed by atoms with E-state index in [1.54, 1.807) is 22.5 Å². The first-order valence-electron chi connectivity index (χ1n) is 10.1. The minimum Gasteiger partial charge on any atom is -0.336 e. The van der Waals surface area contributed by atoms with Crippen molar-refractivity contribution in [3.63, 3.8) is 0 Å². The summed E-state index contributed by atoms with van der Waals surface area (Å²) in [5.41, 5.74) is 2.02. The van der Waals surface area contributed by atoms with Crippen molar-refractivity contribution in [3.8, 4) is 0 Å². The number of carbonyl (C=O) groups is 2. The van der Waals surface area contributed by atoms with Crippen molar-refractivity contribution in [2.75, 3.05) is 20.1 Å². The number of carbonyl (C=O) groups excluding carboxylic acids is 2. The Morgan fingerprint density at radius 1 is 1.14 bits per heavy atom. The van der Waals surface area contributed by atoms with Crippen molar-refractivity contribution in [2.45, 2.75) is 26.3 Å². The Morgan fingerprint density at radius 2 is 1.90 bits per heavy atom. The molecule has 1 aliphatic rings. The van der Waals surface area contributed by atoms with E-state index in [9.17, 15) is 9.59 Å². The molecule has 3 aromatic rings. The van der Waals surface area contributed by atoms with Crippen molar-refractivity contribution < 1.29 is 9.59 Å². The zero-order valence-corrected chi connectivity index (χ0v) is 16.9. The molecule has 6 nitrogen and oxygen atoms in total. The molecule has 0 aliphatic carbocycles. The molecule has 2 amide bonds. The Labute approximate surface area is 170 Å². The number of rotatable bonds is 4. The Kier molecular flexibility index (Phi) is 5.34. The summed E-state index contributed by atoms with van der Waals surface area (Å²) in [5.74, 6) is 0.495. The highest BCUT2D eigenvalue weighted by molar-refractivity contribution is 6.02. The Hall–Kier alpha value is -3.15. The minimum atomic E-state index is -0.191. The molecule has 150 valence electrons. The maximum atomic E-state index is 13.2. The van der Waals surface area contributed by atoms with E-state index < -0.39 is 0 Å². The summed E-state index contributed by atoms with van der Waals surface area (Å²) < 4.78 is 1.74. The number of hydrogen-bond donors (Lipinski definition) is 0. The van der Waals surface area contributed by atoms with Crippen LogP contribution in [0.5, 0.6) is 0 Å². The summed E-state index contributed by atoms with van der Waals surface area (Å²) in [7, 11) is 1.76. The van der Waals surface area contributed by atoms with E-state index in [2.05, 4.69) is 11.9 Å². The first kappa shape index (κ1) is 19.2. The molecule has 0 radical (unpaired) electrons. The standard InChI is InChI=1S/C23H26N4O2/c1-17-9-8-13-26(15-17)23(29)21-24-20(19-12-6-7-14-27(19)21)22(28)25(2)16-18-10-4-3-5-11-18/h3-7,10-12,14,17H,8-9,13,15-16H2,1-2H3. The van der Waals surface area contributed by atoms with Crippen molar-refractivity contribution in [1.29, 1.82) is 0 Å². The van der Waals surface area contributed by atoms with Crippen LogP contribution in [0.25, 0.3) is 5.52 Å². The lowest BCUT2D eigenvalue weighted by Crippen LogP contribution is -2.40. The minimum absolute atomic E-state index is 0.109. The van der Waals surface area contributed by atoms with Gasteiger partial charge in [-0.05, 0) is 36.5 Å². The second kappa shape index (κ2) is 8.07. The molecule has 1 fully saturated rings. The second-order valence-corrected chi connectivity index (χ2v) is 7.89. The quantitative estimate of drug-likeness (QED) is 0.685. The Bertz CT molecular complexity index is 1030. The lowest BCUT2D eigenvalue weighted by molar-refractivity contribution is 0.0669. The summed E-state index contributed by atoms with van der Waals surface area (Å²) >= 11 is 0. The fraction of sp³-hybridized carbons (Fsp3) is 0.348. The summed E-state index contributed by atoms with van der Waals surface area (Å²) in [6, 6.07) is 15.4. The van der Waals surface area contributed by atoms with E-state index in [4.69, 9.17) is 0 Å². The molecule has 29 heavy (non-hydrogen) atoms. The normalized spacial score (nSPS) is 16.8. The molecule has 6 heteroatoms. The third-order valence-corrected chi connectivity index (χ3v) is 5.50. The van der Waals surface area contributed by atoms with Gasteiger partial charge in [0.25, 0.3) is 11.8 Å². The van der Waals surface area contributed by atoms with Crippen LogP contribution in [0.2, 0.25) is 0 Å². The molecule has 0 saturated carbocycles. The summed E-state index contributed by atoms with van der Waals surface area (Å²) in [4.78, 5) is 34.4. The van der Waals surface area contributed by atoms with Gasteiger partial charge in [0.1, 0.15) is 0 Å². The van der Waals surface area contributed by atoms with Gasteiger partial charge in [0.15, 0.2) is 5.69 Å². The fourth-order valence-electron chi connectivity index (χ4n) is 3.97. The van der Waals surface area contributed by atoms with Gasteiger partial charge >= 0.3 is 0 Å². The summed E-state index contributed by atoms with van der Waals surface area (Å²) in [5, 5.41) is 0. The van der Waals surface area contributed by atoms with Crippen LogP contribution in [-0.2, 0) is 6.54 Å². The average Bonchev–Trinajstić information content (AvgIpc) is 3.13. The Morgan fingerprint density at radius 3 is 2.66 bits per heavy atom. The van der Waals surface area contributed by atoms with Crippen LogP contribution in [0.1, 0.15) is 46.4 Å². The van der Waals surface area contributed by atoms with Crippen LogP contribution < -0.4 is 0 Å². The number of hydrogen-bond acceptors (Lipinski definition) is 3. The summed E-state index contributed by atoms with van der Waals surface area (Å²) in [6.07, 6.45) is 3.94. The van der Waals surface area contributed by atoms with Crippen molar-refractivity contribution in [2.24, 2.45) is 5.92 Å². The van der Waals surface area contributed by atoms with Crippen LogP contribution >= 0.6 is 0 Å². The largest absolute Gasteiger partial charge is 0.336 e. The van der Waals surface area contributed by atoms with Gasteiger partial charge in [-0.2, -0.15) is 0 Å². The van der Waals surface area contributed by atoms with Crippen LogP contribution in [-0.4, -0.2) is 51.1 Å². The molecule has 2 aromatic heterocycles. The van der Waals surface area contributed by atoms with Gasteiger partial charge in [0.05, 0.1) is 5.52 Å². The van der Waals surface area contributed by atoms with Crippen molar-refractivity contribution in [1.82, 2.24) is 19.2 Å². The fourth-order valence-corrected chi connectivity index (χ4v) is 3.97. The number of amides is 2. The predicted octanol–water partition coefficient (Wildman–Crippen LogP) is 3.48. The molecule has 1 atom stereocenters. The number of benzene rings is 1. The lowest BCUT2D eigenvalue weighted by Gasteiger charge is -2.30. The number of aromatic nitrogens is 2. The van der Waals surface area contributed by atoms with Gasteiger partial charge in [-0.3, -0.25) is 14.0 Å². The number of nitrogens with zero attached hydrogens (tertiary/aromatic N) is 4. The molecule has 4 rings (SSSR count). The van der Waals surface area contributed by atoms with E-state index in [0.717, 1.165) is 31.5 Å². The van der Waals surface area contributed by atoms with Gasteiger partial charge in [0, 0.05) is 32.9 Å². The number of piperidine rings is 1. The smallest absolute Gasteiger partial charge is 0.290 e.